The number of carbonyl (C=O) groups is 3. The highest BCUT2D eigenvalue weighted by Gasteiger charge is 2.84. The molecule has 4 fully saturated rings. The van der Waals surface area contributed by atoms with Crippen LogP contribution in [0.15, 0.2) is 0 Å². The van der Waals surface area contributed by atoms with Crippen LogP contribution in [0.2, 0.25) is 0 Å². The zero-order valence-corrected chi connectivity index (χ0v) is 11.0. The Labute approximate surface area is 111 Å². The minimum atomic E-state index is -1.01. The molecule has 0 radical (unpaired) electrons. The number of esters is 1. The summed E-state index contributed by atoms with van der Waals surface area (Å²) in [5, 5.41) is 0. The molecule has 0 bridgehead atoms. The van der Waals surface area contributed by atoms with E-state index in [0.29, 0.717) is 32.2 Å². The van der Waals surface area contributed by atoms with Gasteiger partial charge in [0.05, 0.1) is 5.54 Å². The lowest BCUT2D eigenvalue weighted by Crippen LogP contribution is -2.74. The third kappa shape index (κ3) is 0.904. The first-order valence-electron chi connectivity index (χ1n) is 7.05. The van der Waals surface area contributed by atoms with Crippen LogP contribution in [0.25, 0.3) is 0 Å². The van der Waals surface area contributed by atoms with Crippen molar-refractivity contribution in [2.24, 2.45) is 5.41 Å². The Bertz CT molecular complexity index is 530. The van der Waals surface area contributed by atoms with Crippen LogP contribution in [0, 0.1) is 5.41 Å². The van der Waals surface area contributed by atoms with Gasteiger partial charge in [0.2, 0.25) is 5.91 Å². The zero-order valence-electron chi connectivity index (χ0n) is 11.0. The molecule has 2 spiro atoms. The van der Waals surface area contributed by atoms with Gasteiger partial charge in [-0.05, 0) is 32.6 Å². The molecular weight excluding hydrogens is 246 g/mol. The molecule has 3 aliphatic heterocycles. The van der Waals surface area contributed by atoms with E-state index in [0.717, 1.165) is 12.8 Å². The van der Waals surface area contributed by atoms with Crippen LogP contribution in [0.1, 0.15) is 45.4 Å². The van der Waals surface area contributed by atoms with Gasteiger partial charge in [-0.1, -0.05) is 0 Å². The summed E-state index contributed by atoms with van der Waals surface area (Å²) >= 11 is 0. The van der Waals surface area contributed by atoms with Gasteiger partial charge < -0.3 is 9.64 Å². The predicted molar refractivity (Wildman–Crippen MR) is 64.1 cm³/mol. The first-order valence-corrected chi connectivity index (χ1v) is 7.05. The van der Waals surface area contributed by atoms with E-state index in [9.17, 15) is 14.4 Å². The second-order valence-corrected chi connectivity index (χ2v) is 6.48. The minimum Gasteiger partial charge on any atom is -0.454 e. The number of Topliss-reactive ketones (excluding diaryl/α,β-unsaturated/α-hetero) is 1. The Morgan fingerprint density at radius 2 is 1.95 bits per heavy atom. The number of hydrogen-bond acceptors (Lipinski definition) is 4. The SMILES string of the molecule is CC12C(=O)C[C@@]34CCCN3C(=O)CCCC14OC2=O. The summed E-state index contributed by atoms with van der Waals surface area (Å²) in [6.45, 7) is 2.42. The van der Waals surface area contributed by atoms with Gasteiger partial charge in [0.1, 0.15) is 0 Å². The van der Waals surface area contributed by atoms with Crippen molar-refractivity contribution in [2.75, 3.05) is 6.54 Å². The number of amides is 1. The van der Waals surface area contributed by atoms with Crippen LogP contribution in [0.3, 0.4) is 0 Å². The number of ketones is 1. The monoisotopic (exact) mass is 263 g/mol. The lowest BCUT2D eigenvalue weighted by Gasteiger charge is -2.57. The summed E-state index contributed by atoms with van der Waals surface area (Å²) in [5.41, 5.74) is -2.29. The standard InChI is InChI=1S/C14H17NO4/c1-12-9(16)8-13-5-3-7-15(13)10(17)4-2-6-14(12,13)19-11(12)18/h2-8H2,1H3/t12?,13-,14?/m1/s1. The van der Waals surface area contributed by atoms with Crippen molar-refractivity contribution in [2.45, 2.75) is 56.6 Å². The Kier molecular flexibility index (Phi) is 1.82. The third-order valence-electron chi connectivity index (χ3n) is 5.95. The number of hydrogen-bond donors (Lipinski definition) is 0. The molecule has 0 N–H and O–H groups in total. The molecule has 0 aromatic rings. The average Bonchev–Trinajstić information content (AvgIpc) is 2.81. The van der Waals surface area contributed by atoms with Gasteiger partial charge in [-0.3, -0.25) is 14.4 Å². The summed E-state index contributed by atoms with van der Waals surface area (Å²) in [6.07, 6.45) is 3.82. The fourth-order valence-electron chi connectivity index (χ4n) is 4.97. The molecule has 3 saturated heterocycles. The zero-order chi connectivity index (χ0) is 13.5. The van der Waals surface area contributed by atoms with Gasteiger partial charge in [0.25, 0.3) is 0 Å². The quantitative estimate of drug-likeness (QED) is 0.479. The van der Waals surface area contributed by atoms with Gasteiger partial charge in [0.15, 0.2) is 16.8 Å². The molecule has 4 rings (SSSR count). The average molecular weight is 263 g/mol. The van der Waals surface area contributed by atoms with E-state index in [-0.39, 0.29) is 11.7 Å². The first-order chi connectivity index (χ1) is 8.98. The molecule has 0 aromatic heterocycles. The molecular formula is C14H17NO4. The van der Waals surface area contributed by atoms with Gasteiger partial charge in [-0.15, -0.1) is 0 Å². The topological polar surface area (TPSA) is 63.7 Å². The highest BCUT2D eigenvalue weighted by atomic mass is 16.6. The van der Waals surface area contributed by atoms with Crippen LogP contribution in [0.5, 0.6) is 0 Å². The van der Waals surface area contributed by atoms with E-state index in [4.69, 9.17) is 4.74 Å². The molecule has 19 heavy (non-hydrogen) atoms. The van der Waals surface area contributed by atoms with Gasteiger partial charge in [-0.2, -0.15) is 0 Å². The smallest absolute Gasteiger partial charge is 0.324 e. The van der Waals surface area contributed by atoms with Crippen LogP contribution >= 0.6 is 0 Å². The molecule has 3 atom stereocenters. The summed E-state index contributed by atoms with van der Waals surface area (Å²) in [4.78, 5) is 38.5. The highest BCUT2D eigenvalue weighted by molar-refractivity contribution is 6.12. The lowest BCUT2D eigenvalue weighted by molar-refractivity contribution is -0.251. The van der Waals surface area contributed by atoms with Crippen molar-refractivity contribution in [3.8, 4) is 0 Å². The number of carbonyl (C=O) groups excluding carboxylic acids is 3. The van der Waals surface area contributed by atoms with E-state index in [1.165, 1.54) is 0 Å². The third-order valence-corrected chi connectivity index (χ3v) is 5.95. The summed E-state index contributed by atoms with van der Waals surface area (Å²) < 4.78 is 5.61. The molecule has 1 amide bonds. The Morgan fingerprint density at radius 1 is 1.16 bits per heavy atom. The van der Waals surface area contributed by atoms with Crippen molar-refractivity contribution in [3.63, 3.8) is 0 Å². The second-order valence-electron chi connectivity index (χ2n) is 6.48. The predicted octanol–water partition coefficient (Wildman–Crippen LogP) is 0.806. The molecule has 5 heteroatoms. The van der Waals surface area contributed by atoms with Crippen LogP contribution in [-0.4, -0.2) is 40.2 Å². The normalized spacial score (nSPS) is 48.1. The van der Waals surface area contributed by atoms with Crippen molar-refractivity contribution >= 4 is 17.7 Å². The minimum absolute atomic E-state index is 0.0367. The Hall–Kier alpha value is -1.39. The molecule has 1 aliphatic carbocycles. The summed E-state index contributed by atoms with van der Waals surface area (Å²) in [6, 6.07) is 0. The molecule has 2 unspecified atom stereocenters. The maximum atomic E-state index is 12.4. The maximum absolute atomic E-state index is 12.4. The second kappa shape index (κ2) is 3.02. The molecule has 102 valence electrons. The summed E-state index contributed by atoms with van der Waals surface area (Å²) in [5.74, 6) is -0.310. The lowest BCUT2D eigenvalue weighted by atomic mass is 9.62. The van der Waals surface area contributed by atoms with Crippen molar-refractivity contribution in [3.05, 3.63) is 0 Å². The van der Waals surface area contributed by atoms with Crippen LogP contribution in [0.4, 0.5) is 0 Å². The van der Waals surface area contributed by atoms with Crippen molar-refractivity contribution < 1.29 is 19.1 Å². The van der Waals surface area contributed by atoms with Gasteiger partial charge in [0, 0.05) is 19.4 Å². The van der Waals surface area contributed by atoms with E-state index in [2.05, 4.69) is 0 Å². The van der Waals surface area contributed by atoms with Gasteiger partial charge >= 0.3 is 5.97 Å². The van der Waals surface area contributed by atoms with Crippen molar-refractivity contribution in [1.29, 1.82) is 0 Å². The number of nitrogens with zero attached hydrogens (tertiary/aromatic N) is 1. The molecule has 5 nitrogen and oxygen atoms in total. The van der Waals surface area contributed by atoms with E-state index in [1.54, 1.807) is 6.92 Å². The number of ether oxygens (including phenoxy) is 1. The fraction of sp³-hybridized carbons (Fsp3) is 0.786. The van der Waals surface area contributed by atoms with Gasteiger partial charge in [-0.25, -0.2) is 0 Å². The molecule has 0 aromatic carbocycles. The molecule has 4 aliphatic rings. The van der Waals surface area contributed by atoms with Crippen LogP contribution < -0.4 is 0 Å². The highest BCUT2D eigenvalue weighted by Crippen LogP contribution is 2.67. The largest absolute Gasteiger partial charge is 0.454 e. The number of rotatable bonds is 0. The maximum Gasteiger partial charge on any atom is 0.324 e. The first kappa shape index (κ1) is 11.4. The van der Waals surface area contributed by atoms with E-state index < -0.39 is 22.5 Å². The summed E-state index contributed by atoms with van der Waals surface area (Å²) in [7, 11) is 0. The van der Waals surface area contributed by atoms with E-state index in [1.807, 2.05) is 4.90 Å². The van der Waals surface area contributed by atoms with Crippen LogP contribution in [-0.2, 0) is 19.1 Å². The fourth-order valence-corrected chi connectivity index (χ4v) is 4.97. The Morgan fingerprint density at radius 3 is 2.68 bits per heavy atom. The molecule has 3 heterocycles. The molecule has 1 saturated carbocycles. The van der Waals surface area contributed by atoms with Crippen molar-refractivity contribution in [1.82, 2.24) is 4.90 Å². The Balaban J connectivity index is 1.94. The van der Waals surface area contributed by atoms with E-state index >= 15 is 0 Å².